The van der Waals surface area contributed by atoms with Crippen molar-refractivity contribution in [3.63, 3.8) is 0 Å². The maximum Gasteiger partial charge on any atom is 0.304 e. The van der Waals surface area contributed by atoms with Gasteiger partial charge in [0.1, 0.15) is 0 Å². The molecule has 1 fully saturated rings. The minimum Gasteiger partial charge on any atom is -0.439 e. The number of ether oxygens (including phenoxy) is 1. The van der Waals surface area contributed by atoms with Gasteiger partial charge in [-0.05, 0) is 13.0 Å². The van der Waals surface area contributed by atoms with Gasteiger partial charge in [-0.3, -0.25) is 14.5 Å². The minimum absolute atomic E-state index is 0.0169. The number of rotatable bonds is 2. The predicted molar refractivity (Wildman–Crippen MR) is 47.0 cm³/mol. The standard InChI is InChI=1S/C9H15NO3/c1-3-10-6-4-5-8(12)9(10)13-7(2)11/h9H,3-6H2,1-2H3. The Kier molecular flexibility index (Phi) is 3.42. The highest BCUT2D eigenvalue weighted by Crippen LogP contribution is 2.14. The first-order valence-corrected chi connectivity index (χ1v) is 4.59. The third kappa shape index (κ3) is 2.52. The van der Waals surface area contributed by atoms with E-state index in [1.807, 2.05) is 11.8 Å². The summed E-state index contributed by atoms with van der Waals surface area (Å²) < 4.78 is 4.94. The van der Waals surface area contributed by atoms with Crippen LogP contribution >= 0.6 is 0 Å². The van der Waals surface area contributed by atoms with Crippen LogP contribution in [0, 0.1) is 0 Å². The van der Waals surface area contributed by atoms with Crippen LogP contribution < -0.4 is 0 Å². The van der Waals surface area contributed by atoms with Crippen molar-refractivity contribution in [2.75, 3.05) is 13.1 Å². The number of ketones is 1. The van der Waals surface area contributed by atoms with Gasteiger partial charge in [0.25, 0.3) is 0 Å². The molecule has 1 rings (SSSR count). The van der Waals surface area contributed by atoms with E-state index in [1.165, 1.54) is 6.92 Å². The third-order valence-corrected chi connectivity index (χ3v) is 2.16. The Morgan fingerprint density at radius 1 is 1.69 bits per heavy atom. The molecular formula is C9H15NO3. The molecule has 0 radical (unpaired) electrons. The molecule has 0 aromatic carbocycles. The zero-order chi connectivity index (χ0) is 9.84. The summed E-state index contributed by atoms with van der Waals surface area (Å²) in [6, 6.07) is 0. The van der Waals surface area contributed by atoms with Gasteiger partial charge in [-0.2, -0.15) is 0 Å². The predicted octanol–water partition coefficient (Wildman–Crippen LogP) is 0.560. The van der Waals surface area contributed by atoms with Crippen LogP contribution in [-0.4, -0.2) is 36.0 Å². The number of likely N-dealkylation sites (N-methyl/N-ethyl adjacent to an activating group) is 1. The summed E-state index contributed by atoms with van der Waals surface area (Å²) in [5, 5.41) is 0. The molecule has 1 atom stereocenters. The first kappa shape index (κ1) is 10.2. The molecule has 1 heterocycles. The average molecular weight is 185 g/mol. The molecule has 0 bridgehead atoms. The quantitative estimate of drug-likeness (QED) is 0.590. The van der Waals surface area contributed by atoms with Gasteiger partial charge < -0.3 is 4.74 Å². The molecule has 4 nitrogen and oxygen atoms in total. The van der Waals surface area contributed by atoms with E-state index in [0.29, 0.717) is 6.42 Å². The zero-order valence-electron chi connectivity index (χ0n) is 8.08. The van der Waals surface area contributed by atoms with E-state index in [-0.39, 0.29) is 5.78 Å². The van der Waals surface area contributed by atoms with Crippen molar-refractivity contribution in [1.29, 1.82) is 0 Å². The lowest BCUT2D eigenvalue weighted by Crippen LogP contribution is -2.47. The summed E-state index contributed by atoms with van der Waals surface area (Å²) in [7, 11) is 0. The molecule has 0 aromatic heterocycles. The van der Waals surface area contributed by atoms with Gasteiger partial charge in [-0.15, -0.1) is 0 Å². The van der Waals surface area contributed by atoms with Crippen LogP contribution in [0.4, 0.5) is 0 Å². The Hall–Kier alpha value is -0.900. The van der Waals surface area contributed by atoms with Crippen molar-refractivity contribution in [1.82, 2.24) is 4.90 Å². The lowest BCUT2D eigenvalue weighted by molar-refractivity contribution is -0.167. The molecule has 1 saturated heterocycles. The normalized spacial score (nSPS) is 24.5. The fourth-order valence-corrected chi connectivity index (χ4v) is 1.52. The molecule has 0 amide bonds. The molecule has 0 aromatic rings. The molecule has 1 unspecified atom stereocenters. The third-order valence-electron chi connectivity index (χ3n) is 2.16. The fourth-order valence-electron chi connectivity index (χ4n) is 1.52. The van der Waals surface area contributed by atoms with Crippen LogP contribution in [0.1, 0.15) is 26.7 Å². The van der Waals surface area contributed by atoms with Crippen LogP contribution in [0.2, 0.25) is 0 Å². The molecular weight excluding hydrogens is 170 g/mol. The molecule has 0 saturated carbocycles. The molecule has 74 valence electrons. The number of hydrogen-bond donors (Lipinski definition) is 0. The molecule has 0 N–H and O–H groups in total. The number of carbonyl (C=O) groups excluding carboxylic acids is 2. The molecule has 1 aliphatic heterocycles. The van der Waals surface area contributed by atoms with Gasteiger partial charge in [-0.25, -0.2) is 0 Å². The molecule has 0 aliphatic carbocycles. The number of piperidine rings is 1. The Bertz CT molecular complexity index is 215. The highest BCUT2D eigenvalue weighted by molar-refractivity contribution is 5.85. The second kappa shape index (κ2) is 4.37. The lowest BCUT2D eigenvalue weighted by atomic mass is 10.1. The maximum absolute atomic E-state index is 11.4. The van der Waals surface area contributed by atoms with Crippen LogP contribution in [0.15, 0.2) is 0 Å². The van der Waals surface area contributed by atoms with Crippen molar-refractivity contribution in [2.45, 2.75) is 32.9 Å². The van der Waals surface area contributed by atoms with Gasteiger partial charge >= 0.3 is 5.97 Å². The monoisotopic (exact) mass is 185 g/mol. The fraction of sp³-hybridized carbons (Fsp3) is 0.778. The summed E-state index contributed by atoms with van der Waals surface area (Å²) in [5.74, 6) is -0.373. The second-order valence-electron chi connectivity index (χ2n) is 3.16. The number of nitrogens with zero attached hydrogens (tertiary/aromatic N) is 1. The Morgan fingerprint density at radius 2 is 2.38 bits per heavy atom. The minimum atomic E-state index is -0.628. The molecule has 0 spiro atoms. The largest absolute Gasteiger partial charge is 0.439 e. The van der Waals surface area contributed by atoms with Crippen LogP contribution in [0.25, 0.3) is 0 Å². The summed E-state index contributed by atoms with van der Waals surface area (Å²) in [6.45, 7) is 4.86. The summed E-state index contributed by atoms with van der Waals surface area (Å²) in [4.78, 5) is 24.0. The van der Waals surface area contributed by atoms with Crippen molar-refractivity contribution in [2.24, 2.45) is 0 Å². The van der Waals surface area contributed by atoms with Crippen molar-refractivity contribution < 1.29 is 14.3 Å². The van der Waals surface area contributed by atoms with Gasteiger partial charge in [0.2, 0.25) is 6.23 Å². The average Bonchev–Trinajstić information content (AvgIpc) is 2.08. The van der Waals surface area contributed by atoms with E-state index in [0.717, 1.165) is 19.5 Å². The van der Waals surface area contributed by atoms with Crippen LogP contribution in [-0.2, 0) is 14.3 Å². The maximum atomic E-state index is 11.4. The molecule has 1 aliphatic rings. The van der Waals surface area contributed by atoms with E-state index < -0.39 is 12.2 Å². The number of carbonyl (C=O) groups is 2. The van der Waals surface area contributed by atoms with Gasteiger partial charge in [-0.1, -0.05) is 6.92 Å². The Morgan fingerprint density at radius 3 is 2.92 bits per heavy atom. The van der Waals surface area contributed by atoms with E-state index in [4.69, 9.17) is 4.74 Å². The number of likely N-dealkylation sites (tertiary alicyclic amines) is 1. The van der Waals surface area contributed by atoms with Crippen LogP contribution in [0.3, 0.4) is 0 Å². The highest BCUT2D eigenvalue weighted by atomic mass is 16.6. The first-order chi connectivity index (χ1) is 6.15. The first-order valence-electron chi connectivity index (χ1n) is 4.59. The van der Waals surface area contributed by atoms with E-state index in [9.17, 15) is 9.59 Å². The van der Waals surface area contributed by atoms with Crippen LogP contribution in [0.5, 0.6) is 0 Å². The van der Waals surface area contributed by atoms with E-state index >= 15 is 0 Å². The van der Waals surface area contributed by atoms with E-state index in [1.54, 1.807) is 0 Å². The summed E-state index contributed by atoms with van der Waals surface area (Å²) >= 11 is 0. The molecule has 13 heavy (non-hydrogen) atoms. The summed E-state index contributed by atoms with van der Waals surface area (Å²) in [6.07, 6.45) is 0.759. The topological polar surface area (TPSA) is 46.6 Å². The van der Waals surface area contributed by atoms with Crippen molar-refractivity contribution in [3.8, 4) is 0 Å². The van der Waals surface area contributed by atoms with Gasteiger partial charge in [0.05, 0.1) is 0 Å². The SMILES string of the molecule is CCN1CCCC(=O)C1OC(C)=O. The lowest BCUT2D eigenvalue weighted by Gasteiger charge is -2.32. The van der Waals surface area contributed by atoms with Gasteiger partial charge in [0, 0.05) is 19.9 Å². The highest BCUT2D eigenvalue weighted by Gasteiger charge is 2.30. The molecule has 4 heteroatoms. The summed E-state index contributed by atoms with van der Waals surface area (Å²) in [5.41, 5.74) is 0. The second-order valence-corrected chi connectivity index (χ2v) is 3.16. The van der Waals surface area contributed by atoms with Crippen molar-refractivity contribution >= 4 is 11.8 Å². The number of esters is 1. The smallest absolute Gasteiger partial charge is 0.304 e. The Labute approximate surface area is 77.8 Å². The zero-order valence-corrected chi connectivity index (χ0v) is 8.08. The van der Waals surface area contributed by atoms with E-state index in [2.05, 4.69) is 0 Å². The van der Waals surface area contributed by atoms with Crippen molar-refractivity contribution in [3.05, 3.63) is 0 Å². The number of hydrogen-bond acceptors (Lipinski definition) is 4. The Balaban J connectivity index is 2.62. The number of Topliss-reactive ketones (excluding diaryl/α,β-unsaturated/α-hetero) is 1. The van der Waals surface area contributed by atoms with Gasteiger partial charge in [0.15, 0.2) is 5.78 Å².